The van der Waals surface area contributed by atoms with Crippen molar-refractivity contribution in [2.45, 2.75) is 44.5 Å². The molecular formula is C26H29ClN4O3S. The first-order chi connectivity index (χ1) is 16.9. The number of nitrogens with zero attached hydrogens (tertiary/aromatic N) is 3. The van der Waals surface area contributed by atoms with E-state index in [-0.39, 0.29) is 18.3 Å². The number of benzene rings is 1. The van der Waals surface area contributed by atoms with Crippen LogP contribution in [0.25, 0.3) is 11.1 Å². The highest BCUT2D eigenvalue weighted by Crippen LogP contribution is 2.37. The van der Waals surface area contributed by atoms with Crippen LogP contribution in [0.2, 0.25) is 5.02 Å². The molecule has 2 aliphatic rings. The predicted molar refractivity (Wildman–Crippen MR) is 139 cm³/mol. The third-order valence-corrected chi connectivity index (χ3v) is 8.06. The number of fused-ring (bicyclic) bond motifs is 1. The first kappa shape index (κ1) is 24.1. The molecule has 0 bridgehead atoms. The summed E-state index contributed by atoms with van der Waals surface area (Å²) in [4.78, 5) is 19.5. The van der Waals surface area contributed by atoms with E-state index >= 15 is 0 Å². The van der Waals surface area contributed by atoms with Crippen molar-refractivity contribution < 1.29 is 14.3 Å². The molecule has 2 N–H and O–H groups in total. The Kier molecular flexibility index (Phi) is 6.98. The van der Waals surface area contributed by atoms with Crippen LogP contribution in [0, 0.1) is 0 Å². The van der Waals surface area contributed by atoms with E-state index < -0.39 is 5.91 Å². The molecule has 1 aliphatic carbocycles. The summed E-state index contributed by atoms with van der Waals surface area (Å²) in [6.07, 6.45) is 8.63. The average Bonchev–Trinajstić information content (AvgIpc) is 3.44. The number of aromatic nitrogens is 2. The van der Waals surface area contributed by atoms with Gasteiger partial charge in [-0.05, 0) is 39.0 Å². The fraction of sp³-hybridized carbons (Fsp3) is 0.385. The second kappa shape index (κ2) is 10.1. The van der Waals surface area contributed by atoms with Crippen molar-refractivity contribution in [3.05, 3.63) is 69.6 Å². The first-order valence-corrected chi connectivity index (χ1v) is 13.0. The molecule has 35 heavy (non-hydrogen) atoms. The van der Waals surface area contributed by atoms with Crippen LogP contribution in [0.5, 0.6) is 5.75 Å². The Morgan fingerprint density at radius 3 is 2.80 bits per heavy atom. The molecule has 1 aliphatic heterocycles. The van der Waals surface area contributed by atoms with Crippen LogP contribution in [-0.2, 0) is 11.2 Å². The Bertz CT molecular complexity index is 1250. The number of carbonyl (C=O) groups is 1. The van der Waals surface area contributed by atoms with Crippen LogP contribution in [-0.4, -0.2) is 52.7 Å². The van der Waals surface area contributed by atoms with E-state index in [4.69, 9.17) is 26.8 Å². The molecule has 184 valence electrons. The number of piperidine rings is 1. The van der Waals surface area contributed by atoms with Crippen molar-refractivity contribution in [3.63, 3.8) is 0 Å². The number of nitrogens with two attached hydrogens (primary N) is 1. The molecule has 0 spiro atoms. The van der Waals surface area contributed by atoms with Gasteiger partial charge in [-0.25, -0.2) is 4.98 Å². The number of carbonyl (C=O) groups excluding carboxylic acids is 1. The lowest BCUT2D eigenvalue weighted by molar-refractivity contribution is -0.0192. The van der Waals surface area contributed by atoms with Gasteiger partial charge in [-0.1, -0.05) is 35.9 Å². The SMILES string of the molecule is C[C@@H](Oc1cc(-n2cnc3c2CC(OC2CCN(C)CC2)C=C3)sc1C(N)=O)c1ccccc1Cl. The van der Waals surface area contributed by atoms with Crippen LogP contribution >= 0.6 is 22.9 Å². The summed E-state index contributed by atoms with van der Waals surface area (Å²) in [6, 6.07) is 9.36. The molecule has 3 heterocycles. The molecule has 0 saturated carbocycles. The van der Waals surface area contributed by atoms with Gasteiger partial charge in [0.15, 0.2) is 0 Å². The van der Waals surface area contributed by atoms with Gasteiger partial charge in [-0.2, -0.15) is 0 Å². The maximum absolute atomic E-state index is 12.2. The van der Waals surface area contributed by atoms with Crippen molar-refractivity contribution in [1.29, 1.82) is 0 Å². The standard InChI is InChI=1S/C26H29ClN4O3S/c1-16(19-5-3-4-6-20(19)27)33-23-14-24(35-25(23)26(28)32)31-15-29-21-8-7-18(13-22(21)31)34-17-9-11-30(2)12-10-17/h3-8,14-18H,9-13H2,1-2H3,(H2,28,32)/t16-,18?/m1/s1. The summed E-state index contributed by atoms with van der Waals surface area (Å²) in [7, 11) is 2.15. The van der Waals surface area contributed by atoms with Gasteiger partial charge in [0.25, 0.3) is 5.91 Å². The van der Waals surface area contributed by atoms with Crippen molar-refractivity contribution in [3.8, 4) is 10.8 Å². The number of thiophene rings is 1. The summed E-state index contributed by atoms with van der Waals surface area (Å²) >= 11 is 7.64. The Labute approximate surface area is 214 Å². The first-order valence-electron chi connectivity index (χ1n) is 11.8. The fourth-order valence-corrected chi connectivity index (χ4v) is 5.87. The van der Waals surface area contributed by atoms with Gasteiger partial charge < -0.3 is 20.1 Å². The highest BCUT2D eigenvalue weighted by atomic mass is 35.5. The molecule has 1 fully saturated rings. The van der Waals surface area contributed by atoms with Crippen LogP contribution in [0.15, 0.2) is 42.7 Å². The number of amides is 1. The number of likely N-dealkylation sites (tertiary alicyclic amines) is 1. The second-order valence-electron chi connectivity index (χ2n) is 9.11. The molecule has 1 unspecified atom stereocenters. The highest BCUT2D eigenvalue weighted by Gasteiger charge is 2.26. The predicted octanol–water partition coefficient (Wildman–Crippen LogP) is 4.87. The quantitative estimate of drug-likeness (QED) is 0.488. The number of hydrogen-bond acceptors (Lipinski definition) is 6. The summed E-state index contributed by atoms with van der Waals surface area (Å²) in [5.74, 6) is -0.0854. The lowest BCUT2D eigenvalue weighted by atomic mass is 10.0. The Morgan fingerprint density at radius 2 is 2.06 bits per heavy atom. The van der Waals surface area contributed by atoms with E-state index in [2.05, 4.69) is 23.0 Å². The monoisotopic (exact) mass is 512 g/mol. The number of halogens is 1. The van der Waals surface area contributed by atoms with E-state index in [1.165, 1.54) is 11.3 Å². The average molecular weight is 513 g/mol. The second-order valence-corrected chi connectivity index (χ2v) is 10.5. The number of ether oxygens (including phenoxy) is 2. The minimum absolute atomic E-state index is 0.00195. The van der Waals surface area contributed by atoms with Gasteiger partial charge in [-0.3, -0.25) is 9.36 Å². The van der Waals surface area contributed by atoms with Gasteiger partial charge in [-0.15, -0.1) is 11.3 Å². The van der Waals surface area contributed by atoms with Crippen molar-refractivity contribution in [1.82, 2.24) is 14.5 Å². The van der Waals surface area contributed by atoms with Crippen molar-refractivity contribution in [2.75, 3.05) is 20.1 Å². The summed E-state index contributed by atoms with van der Waals surface area (Å²) in [6.45, 7) is 4.02. The van der Waals surface area contributed by atoms with Gasteiger partial charge in [0.2, 0.25) is 0 Å². The summed E-state index contributed by atoms with van der Waals surface area (Å²) in [5.41, 5.74) is 8.51. The zero-order valence-electron chi connectivity index (χ0n) is 19.8. The Hall–Kier alpha value is -2.65. The maximum atomic E-state index is 12.2. The summed E-state index contributed by atoms with van der Waals surface area (Å²) < 4.78 is 14.6. The molecule has 1 aromatic carbocycles. The molecule has 3 aromatic rings. The zero-order chi connectivity index (χ0) is 24.5. The number of hydrogen-bond donors (Lipinski definition) is 1. The third-order valence-electron chi connectivity index (χ3n) is 6.59. The fourth-order valence-electron chi connectivity index (χ4n) is 4.64. The smallest absolute Gasteiger partial charge is 0.262 e. The van der Waals surface area contributed by atoms with E-state index in [0.29, 0.717) is 22.1 Å². The number of primary amides is 1. The van der Waals surface area contributed by atoms with E-state index in [1.807, 2.05) is 47.9 Å². The molecule has 2 aromatic heterocycles. The molecule has 9 heteroatoms. The lowest BCUT2D eigenvalue weighted by Crippen LogP contribution is -2.36. The largest absolute Gasteiger partial charge is 0.484 e. The zero-order valence-corrected chi connectivity index (χ0v) is 21.4. The van der Waals surface area contributed by atoms with Crippen LogP contribution < -0.4 is 10.5 Å². The number of rotatable bonds is 7. The Balaban J connectivity index is 1.37. The number of imidazole rings is 1. The summed E-state index contributed by atoms with van der Waals surface area (Å²) in [5, 5.41) is 1.43. The van der Waals surface area contributed by atoms with Crippen molar-refractivity contribution >= 4 is 34.9 Å². The van der Waals surface area contributed by atoms with Crippen LogP contribution in [0.4, 0.5) is 0 Å². The van der Waals surface area contributed by atoms with Gasteiger partial charge in [0.1, 0.15) is 28.1 Å². The third kappa shape index (κ3) is 5.16. The molecule has 7 nitrogen and oxygen atoms in total. The molecular weight excluding hydrogens is 484 g/mol. The maximum Gasteiger partial charge on any atom is 0.262 e. The van der Waals surface area contributed by atoms with E-state index in [9.17, 15) is 4.79 Å². The topological polar surface area (TPSA) is 82.6 Å². The van der Waals surface area contributed by atoms with Gasteiger partial charge >= 0.3 is 0 Å². The Morgan fingerprint density at radius 1 is 1.29 bits per heavy atom. The van der Waals surface area contributed by atoms with Gasteiger partial charge in [0, 0.05) is 36.2 Å². The minimum Gasteiger partial charge on any atom is -0.484 e. The molecule has 5 rings (SSSR count). The van der Waals surface area contributed by atoms with Crippen molar-refractivity contribution in [2.24, 2.45) is 5.73 Å². The van der Waals surface area contributed by atoms with Gasteiger partial charge in [0.05, 0.1) is 23.6 Å². The molecule has 1 amide bonds. The van der Waals surface area contributed by atoms with E-state index in [1.54, 1.807) is 6.33 Å². The van der Waals surface area contributed by atoms with Crippen LogP contribution in [0.3, 0.4) is 0 Å². The van der Waals surface area contributed by atoms with Crippen LogP contribution in [0.1, 0.15) is 52.5 Å². The highest BCUT2D eigenvalue weighted by molar-refractivity contribution is 7.16. The molecule has 2 atom stereocenters. The normalized spacial score (nSPS) is 19.5. The molecule has 1 saturated heterocycles. The minimum atomic E-state index is -0.528. The lowest BCUT2D eigenvalue weighted by Gasteiger charge is -2.31. The van der Waals surface area contributed by atoms with E-state index in [0.717, 1.165) is 47.9 Å². The molecule has 0 radical (unpaired) electrons.